The van der Waals surface area contributed by atoms with Gasteiger partial charge in [0.15, 0.2) is 0 Å². The normalized spacial score (nSPS) is 21.1. The fourth-order valence-electron chi connectivity index (χ4n) is 1.41. The van der Waals surface area contributed by atoms with E-state index < -0.39 is 0 Å². The number of carbonyl (C=O) groups excluding carboxylic acids is 1. The van der Waals surface area contributed by atoms with E-state index in [1.807, 2.05) is 44.4 Å². The van der Waals surface area contributed by atoms with Crippen LogP contribution in [-0.2, 0) is 4.79 Å². The zero-order valence-corrected chi connectivity index (χ0v) is 12.0. The van der Waals surface area contributed by atoms with Crippen LogP contribution in [0, 0.1) is 0 Å². The van der Waals surface area contributed by atoms with E-state index >= 15 is 0 Å². The number of carbonyl (C=O) groups is 1. The Labute approximate surface area is 107 Å². The second kappa shape index (κ2) is 7.45. The SMILES string of the molecule is CC(C)N(C)C(=O)CNCC1CSCCS1. The molecule has 0 bridgehead atoms. The second-order valence-electron chi connectivity index (χ2n) is 4.30. The van der Waals surface area contributed by atoms with Gasteiger partial charge in [-0.1, -0.05) is 0 Å². The van der Waals surface area contributed by atoms with Crippen LogP contribution in [0.1, 0.15) is 13.8 Å². The Balaban J connectivity index is 2.12. The molecule has 1 rings (SSSR count). The molecule has 1 aliphatic heterocycles. The molecular formula is C11H22N2OS2. The molecule has 1 amide bonds. The minimum Gasteiger partial charge on any atom is -0.342 e. The molecule has 1 unspecified atom stereocenters. The summed E-state index contributed by atoms with van der Waals surface area (Å²) in [6, 6.07) is 0.286. The summed E-state index contributed by atoms with van der Waals surface area (Å²) in [5, 5.41) is 3.94. The summed E-state index contributed by atoms with van der Waals surface area (Å²) in [7, 11) is 1.86. The Morgan fingerprint density at radius 3 is 2.81 bits per heavy atom. The van der Waals surface area contributed by atoms with Gasteiger partial charge in [-0.25, -0.2) is 0 Å². The van der Waals surface area contributed by atoms with Crippen molar-refractivity contribution in [2.75, 3.05) is 37.4 Å². The number of thioether (sulfide) groups is 2. The fourth-order valence-corrected chi connectivity index (χ4v) is 4.05. The van der Waals surface area contributed by atoms with Crippen molar-refractivity contribution in [3.05, 3.63) is 0 Å². The highest BCUT2D eigenvalue weighted by Gasteiger charge is 2.15. The first-order chi connectivity index (χ1) is 7.61. The predicted molar refractivity (Wildman–Crippen MR) is 74.3 cm³/mol. The Morgan fingerprint density at radius 1 is 1.50 bits per heavy atom. The molecule has 1 atom stereocenters. The summed E-state index contributed by atoms with van der Waals surface area (Å²) in [4.78, 5) is 13.5. The van der Waals surface area contributed by atoms with E-state index in [2.05, 4.69) is 5.32 Å². The third-order valence-corrected chi connectivity index (χ3v) is 5.55. The number of rotatable bonds is 5. The predicted octanol–water partition coefficient (Wildman–Crippen LogP) is 1.29. The lowest BCUT2D eigenvalue weighted by atomic mass is 10.3. The van der Waals surface area contributed by atoms with Crippen molar-refractivity contribution in [2.45, 2.75) is 25.1 Å². The Kier molecular flexibility index (Phi) is 6.61. The van der Waals surface area contributed by atoms with Gasteiger partial charge in [-0.2, -0.15) is 23.5 Å². The summed E-state index contributed by atoms with van der Waals surface area (Å²) in [5.74, 6) is 3.92. The Morgan fingerprint density at radius 2 is 2.25 bits per heavy atom. The average molecular weight is 262 g/mol. The number of hydrogen-bond donors (Lipinski definition) is 1. The van der Waals surface area contributed by atoms with E-state index in [1.165, 1.54) is 17.3 Å². The first-order valence-electron chi connectivity index (χ1n) is 5.77. The van der Waals surface area contributed by atoms with Gasteiger partial charge in [0, 0.05) is 42.1 Å². The molecule has 0 radical (unpaired) electrons. The monoisotopic (exact) mass is 262 g/mol. The molecule has 0 spiro atoms. The van der Waals surface area contributed by atoms with Crippen LogP contribution in [0.5, 0.6) is 0 Å². The van der Waals surface area contributed by atoms with E-state index in [0.717, 1.165) is 6.54 Å². The van der Waals surface area contributed by atoms with Crippen LogP contribution in [-0.4, -0.2) is 59.5 Å². The van der Waals surface area contributed by atoms with Crippen LogP contribution in [0.3, 0.4) is 0 Å². The van der Waals surface area contributed by atoms with E-state index in [4.69, 9.17) is 0 Å². The topological polar surface area (TPSA) is 32.3 Å². The molecule has 16 heavy (non-hydrogen) atoms. The molecule has 1 N–H and O–H groups in total. The fraction of sp³-hybridized carbons (Fsp3) is 0.909. The van der Waals surface area contributed by atoms with Crippen molar-refractivity contribution in [3.8, 4) is 0 Å². The van der Waals surface area contributed by atoms with Crippen LogP contribution in [0.25, 0.3) is 0 Å². The largest absolute Gasteiger partial charge is 0.342 e. The molecule has 0 aromatic carbocycles. The lowest BCUT2D eigenvalue weighted by molar-refractivity contribution is -0.130. The molecule has 5 heteroatoms. The number of nitrogens with one attached hydrogen (secondary N) is 1. The molecular weight excluding hydrogens is 240 g/mol. The van der Waals surface area contributed by atoms with Gasteiger partial charge in [-0.15, -0.1) is 0 Å². The van der Waals surface area contributed by atoms with Crippen LogP contribution in [0.2, 0.25) is 0 Å². The van der Waals surface area contributed by atoms with Crippen molar-refractivity contribution in [1.29, 1.82) is 0 Å². The molecule has 94 valence electrons. The van der Waals surface area contributed by atoms with E-state index in [9.17, 15) is 4.79 Å². The van der Waals surface area contributed by atoms with E-state index in [1.54, 1.807) is 4.90 Å². The van der Waals surface area contributed by atoms with Crippen LogP contribution in [0.4, 0.5) is 0 Å². The van der Waals surface area contributed by atoms with Gasteiger partial charge in [0.1, 0.15) is 0 Å². The molecule has 1 heterocycles. The van der Waals surface area contributed by atoms with Gasteiger partial charge in [0.25, 0.3) is 0 Å². The lowest BCUT2D eigenvalue weighted by Gasteiger charge is -2.24. The van der Waals surface area contributed by atoms with Crippen molar-refractivity contribution in [1.82, 2.24) is 10.2 Å². The number of likely N-dealkylation sites (N-methyl/N-ethyl adjacent to an activating group) is 1. The highest BCUT2D eigenvalue weighted by Crippen LogP contribution is 2.23. The number of nitrogens with zero attached hydrogens (tertiary/aromatic N) is 1. The maximum absolute atomic E-state index is 11.7. The van der Waals surface area contributed by atoms with Crippen molar-refractivity contribution in [3.63, 3.8) is 0 Å². The highest BCUT2D eigenvalue weighted by atomic mass is 32.2. The quantitative estimate of drug-likeness (QED) is 0.809. The molecule has 1 aliphatic rings. The Hall–Kier alpha value is 0.130. The standard InChI is InChI=1S/C11H22N2OS2/c1-9(2)13(3)11(14)7-12-6-10-8-15-4-5-16-10/h9-10,12H,4-8H2,1-3H3. The van der Waals surface area contributed by atoms with Gasteiger partial charge in [-0.3, -0.25) is 4.79 Å². The summed E-state index contributed by atoms with van der Waals surface area (Å²) >= 11 is 4.04. The van der Waals surface area contributed by atoms with Gasteiger partial charge in [0.05, 0.1) is 6.54 Å². The van der Waals surface area contributed by atoms with Crippen LogP contribution >= 0.6 is 23.5 Å². The first-order valence-corrected chi connectivity index (χ1v) is 7.97. The van der Waals surface area contributed by atoms with Crippen molar-refractivity contribution >= 4 is 29.4 Å². The van der Waals surface area contributed by atoms with E-state index in [-0.39, 0.29) is 11.9 Å². The molecule has 0 saturated carbocycles. The van der Waals surface area contributed by atoms with Gasteiger partial charge >= 0.3 is 0 Å². The maximum atomic E-state index is 11.7. The molecule has 3 nitrogen and oxygen atoms in total. The zero-order valence-electron chi connectivity index (χ0n) is 10.4. The lowest BCUT2D eigenvalue weighted by Crippen LogP contribution is -2.41. The molecule has 1 fully saturated rings. The van der Waals surface area contributed by atoms with Crippen LogP contribution < -0.4 is 5.32 Å². The van der Waals surface area contributed by atoms with Gasteiger partial charge < -0.3 is 10.2 Å². The maximum Gasteiger partial charge on any atom is 0.236 e. The van der Waals surface area contributed by atoms with Gasteiger partial charge in [-0.05, 0) is 13.8 Å². The Bertz CT molecular complexity index is 218. The summed E-state index contributed by atoms with van der Waals surface area (Å²) in [5.41, 5.74) is 0. The minimum atomic E-state index is 0.184. The molecule has 0 aliphatic carbocycles. The third-order valence-electron chi connectivity index (χ3n) is 2.70. The molecule has 1 saturated heterocycles. The minimum absolute atomic E-state index is 0.184. The summed E-state index contributed by atoms with van der Waals surface area (Å²) in [6.07, 6.45) is 0. The molecule has 0 aromatic heterocycles. The highest BCUT2D eigenvalue weighted by molar-refractivity contribution is 8.06. The third kappa shape index (κ3) is 4.97. The second-order valence-corrected chi connectivity index (χ2v) is 6.86. The van der Waals surface area contributed by atoms with Gasteiger partial charge in [0.2, 0.25) is 5.91 Å². The summed E-state index contributed by atoms with van der Waals surface area (Å²) < 4.78 is 0. The molecule has 0 aromatic rings. The smallest absolute Gasteiger partial charge is 0.236 e. The first kappa shape index (κ1) is 14.2. The summed E-state index contributed by atoms with van der Waals surface area (Å²) in [6.45, 7) is 5.49. The zero-order chi connectivity index (χ0) is 12.0. The average Bonchev–Trinajstić information content (AvgIpc) is 2.29. The van der Waals surface area contributed by atoms with Crippen molar-refractivity contribution in [2.24, 2.45) is 0 Å². The van der Waals surface area contributed by atoms with Crippen molar-refractivity contribution < 1.29 is 4.79 Å². The van der Waals surface area contributed by atoms with Crippen LogP contribution in [0.15, 0.2) is 0 Å². The number of amides is 1. The van der Waals surface area contributed by atoms with E-state index in [0.29, 0.717) is 11.8 Å². The number of hydrogen-bond acceptors (Lipinski definition) is 4.